The highest BCUT2D eigenvalue weighted by atomic mass is 35.5. The van der Waals surface area contributed by atoms with Gasteiger partial charge in [0, 0.05) is 17.3 Å². The Labute approximate surface area is 104 Å². The third-order valence-corrected chi connectivity index (χ3v) is 2.79. The number of aromatic nitrogens is 1. The first kappa shape index (κ1) is 11.9. The minimum Gasteiger partial charge on any atom is -0.383 e. The zero-order chi connectivity index (χ0) is 12.6. The maximum Gasteiger partial charge on any atom is 0.131 e. The van der Waals surface area contributed by atoms with Crippen LogP contribution in [0, 0.1) is 19.7 Å². The molecule has 1 aromatic heterocycles. The highest BCUT2D eigenvalue weighted by Crippen LogP contribution is 2.32. The molecule has 0 saturated heterocycles. The van der Waals surface area contributed by atoms with Crippen LogP contribution in [-0.2, 0) is 0 Å². The van der Waals surface area contributed by atoms with Crippen molar-refractivity contribution in [3.05, 3.63) is 46.4 Å². The molecule has 2 rings (SSSR count). The first-order valence-corrected chi connectivity index (χ1v) is 5.55. The van der Waals surface area contributed by atoms with E-state index in [1.807, 2.05) is 19.9 Å². The van der Waals surface area contributed by atoms with Gasteiger partial charge >= 0.3 is 0 Å². The Morgan fingerprint density at radius 2 is 1.94 bits per heavy atom. The number of nitrogen functional groups attached to an aromatic ring is 1. The van der Waals surface area contributed by atoms with Crippen LogP contribution in [0.1, 0.15) is 11.1 Å². The van der Waals surface area contributed by atoms with Crippen LogP contribution in [0.25, 0.3) is 11.1 Å². The molecule has 0 bridgehead atoms. The van der Waals surface area contributed by atoms with E-state index in [9.17, 15) is 4.39 Å². The molecule has 0 aliphatic carbocycles. The maximum atomic E-state index is 14.0. The van der Waals surface area contributed by atoms with Crippen LogP contribution >= 0.6 is 11.6 Å². The van der Waals surface area contributed by atoms with Gasteiger partial charge in [-0.25, -0.2) is 9.37 Å². The predicted octanol–water partition coefficient (Wildman–Crippen LogP) is 3.74. The Morgan fingerprint density at radius 1 is 1.24 bits per heavy atom. The van der Waals surface area contributed by atoms with Crippen LogP contribution in [0.3, 0.4) is 0 Å². The average Bonchev–Trinajstić information content (AvgIpc) is 2.21. The molecule has 0 unspecified atom stereocenters. The molecule has 0 aliphatic rings. The quantitative estimate of drug-likeness (QED) is 0.837. The largest absolute Gasteiger partial charge is 0.383 e. The summed E-state index contributed by atoms with van der Waals surface area (Å²) < 4.78 is 14.0. The van der Waals surface area contributed by atoms with Gasteiger partial charge in [0.2, 0.25) is 0 Å². The second-order valence-corrected chi connectivity index (χ2v) is 4.46. The number of rotatable bonds is 1. The molecule has 4 heteroatoms. The maximum absolute atomic E-state index is 14.0. The van der Waals surface area contributed by atoms with E-state index in [4.69, 9.17) is 17.3 Å². The molecule has 2 N–H and O–H groups in total. The van der Waals surface area contributed by atoms with Gasteiger partial charge in [0.25, 0.3) is 0 Å². The van der Waals surface area contributed by atoms with Gasteiger partial charge in [0.15, 0.2) is 0 Å². The number of pyridine rings is 1. The topological polar surface area (TPSA) is 38.9 Å². The van der Waals surface area contributed by atoms with Gasteiger partial charge in [0.1, 0.15) is 11.6 Å². The van der Waals surface area contributed by atoms with Gasteiger partial charge in [-0.1, -0.05) is 17.7 Å². The lowest BCUT2D eigenvalue weighted by molar-refractivity contribution is 0.629. The van der Waals surface area contributed by atoms with E-state index in [1.165, 1.54) is 12.3 Å². The Bertz CT molecular complexity index is 559. The Hall–Kier alpha value is -1.61. The van der Waals surface area contributed by atoms with Gasteiger partial charge in [-0.3, -0.25) is 0 Å². The molecule has 2 nitrogen and oxygen atoms in total. The highest BCUT2D eigenvalue weighted by molar-refractivity contribution is 6.30. The average molecular weight is 251 g/mol. The number of hydrogen-bond donors (Lipinski definition) is 1. The van der Waals surface area contributed by atoms with Crippen molar-refractivity contribution in [2.45, 2.75) is 13.8 Å². The molecule has 88 valence electrons. The van der Waals surface area contributed by atoms with E-state index in [0.29, 0.717) is 16.1 Å². The minimum absolute atomic E-state index is 0.278. The summed E-state index contributed by atoms with van der Waals surface area (Å²) in [5.74, 6) is -0.0291. The Kier molecular flexibility index (Phi) is 3.03. The third-order valence-electron chi connectivity index (χ3n) is 2.59. The second-order valence-electron chi connectivity index (χ2n) is 4.02. The Morgan fingerprint density at radius 3 is 2.59 bits per heavy atom. The molecule has 1 heterocycles. The summed E-state index contributed by atoms with van der Waals surface area (Å²) in [6, 6.07) is 5.01. The third kappa shape index (κ3) is 2.24. The summed E-state index contributed by atoms with van der Waals surface area (Å²) in [7, 11) is 0. The molecule has 2 aromatic rings. The summed E-state index contributed by atoms with van der Waals surface area (Å²) in [5.41, 5.74) is 8.45. The van der Waals surface area contributed by atoms with Crippen LogP contribution in [0.4, 0.5) is 10.2 Å². The number of aryl methyl sites for hydroxylation is 2. The molecular formula is C13H12ClFN2. The number of halogens is 2. The lowest BCUT2D eigenvalue weighted by Crippen LogP contribution is -1.98. The molecule has 0 fully saturated rings. The fraction of sp³-hybridized carbons (Fsp3) is 0.154. The van der Waals surface area contributed by atoms with Gasteiger partial charge in [-0.15, -0.1) is 0 Å². The Balaban J connectivity index is 2.72. The fourth-order valence-electron chi connectivity index (χ4n) is 1.91. The molecule has 0 aliphatic heterocycles. The lowest BCUT2D eigenvalue weighted by atomic mass is 9.98. The normalized spacial score (nSPS) is 10.6. The summed E-state index contributed by atoms with van der Waals surface area (Å²) in [5, 5.41) is 0.438. The lowest BCUT2D eigenvalue weighted by Gasteiger charge is -2.11. The first-order chi connectivity index (χ1) is 7.99. The van der Waals surface area contributed by atoms with Crippen molar-refractivity contribution in [3.8, 4) is 11.1 Å². The zero-order valence-electron chi connectivity index (χ0n) is 9.59. The molecule has 0 atom stereocenters. The number of nitrogens with zero attached hydrogens (tertiary/aromatic N) is 1. The van der Waals surface area contributed by atoms with Crippen molar-refractivity contribution in [2.24, 2.45) is 0 Å². The highest BCUT2D eigenvalue weighted by Gasteiger charge is 2.13. The van der Waals surface area contributed by atoms with E-state index in [2.05, 4.69) is 4.98 Å². The molecule has 0 spiro atoms. The number of hydrogen-bond acceptors (Lipinski definition) is 2. The van der Waals surface area contributed by atoms with Crippen LogP contribution in [0.2, 0.25) is 5.02 Å². The molecule has 1 aromatic carbocycles. The number of anilines is 1. The molecule has 0 saturated carbocycles. The van der Waals surface area contributed by atoms with Crippen LogP contribution in [-0.4, -0.2) is 4.98 Å². The summed E-state index contributed by atoms with van der Waals surface area (Å²) >= 11 is 5.86. The summed E-state index contributed by atoms with van der Waals surface area (Å²) in [4.78, 5) is 3.94. The monoisotopic (exact) mass is 250 g/mol. The molecule has 0 amide bonds. The summed E-state index contributed by atoms with van der Waals surface area (Å²) in [6.07, 6.45) is 1.45. The van der Waals surface area contributed by atoms with E-state index in [-0.39, 0.29) is 11.6 Å². The SMILES string of the molecule is Cc1cc(C)c(-c2cc(Cl)cnc2N)c(F)c1. The molecule has 17 heavy (non-hydrogen) atoms. The van der Waals surface area contributed by atoms with Gasteiger partial charge in [-0.05, 0) is 37.1 Å². The van der Waals surface area contributed by atoms with Crippen LogP contribution < -0.4 is 5.73 Å². The number of nitrogens with two attached hydrogens (primary N) is 1. The standard InChI is InChI=1S/C13H12ClFN2/c1-7-3-8(2)12(11(15)4-7)10-5-9(14)6-17-13(10)16/h3-6H,1-2H3,(H2,16,17). The minimum atomic E-state index is -0.307. The van der Waals surface area contributed by atoms with Crippen molar-refractivity contribution in [3.63, 3.8) is 0 Å². The fourth-order valence-corrected chi connectivity index (χ4v) is 2.06. The van der Waals surface area contributed by atoms with E-state index >= 15 is 0 Å². The second kappa shape index (κ2) is 4.34. The van der Waals surface area contributed by atoms with Crippen LogP contribution in [0.15, 0.2) is 24.4 Å². The molecular weight excluding hydrogens is 239 g/mol. The van der Waals surface area contributed by atoms with E-state index in [0.717, 1.165) is 11.1 Å². The number of benzene rings is 1. The van der Waals surface area contributed by atoms with Crippen molar-refractivity contribution in [2.75, 3.05) is 5.73 Å². The van der Waals surface area contributed by atoms with E-state index in [1.54, 1.807) is 6.07 Å². The summed E-state index contributed by atoms with van der Waals surface area (Å²) in [6.45, 7) is 3.69. The van der Waals surface area contributed by atoms with Crippen molar-refractivity contribution in [1.29, 1.82) is 0 Å². The predicted molar refractivity (Wildman–Crippen MR) is 68.5 cm³/mol. The van der Waals surface area contributed by atoms with Crippen molar-refractivity contribution < 1.29 is 4.39 Å². The van der Waals surface area contributed by atoms with Crippen molar-refractivity contribution in [1.82, 2.24) is 4.98 Å². The van der Waals surface area contributed by atoms with Gasteiger partial charge in [0.05, 0.1) is 5.02 Å². The van der Waals surface area contributed by atoms with E-state index < -0.39 is 0 Å². The van der Waals surface area contributed by atoms with Crippen LogP contribution in [0.5, 0.6) is 0 Å². The van der Waals surface area contributed by atoms with Gasteiger partial charge in [-0.2, -0.15) is 0 Å². The zero-order valence-corrected chi connectivity index (χ0v) is 10.3. The van der Waals surface area contributed by atoms with Crippen molar-refractivity contribution >= 4 is 17.4 Å². The molecule has 0 radical (unpaired) electrons. The van der Waals surface area contributed by atoms with Gasteiger partial charge < -0.3 is 5.73 Å². The smallest absolute Gasteiger partial charge is 0.131 e. The first-order valence-electron chi connectivity index (χ1n) is 5.17.